The quantitative estimate of drug-likeness (QED) is 0.667. The molecule has 0 unspecified atom stereocenters. The first-order valence-corrected chi connectivity index (χ1v) is 8.19. The van der Waals surface area contributed by atoms with Crippen molar-refractivity contribution in [2.45, 2.75) is 6.54 Å². The monoisotopic (exact) mass is 366 g/mol. The van der Waals surface area contributed by atoms with Gasteiger partial charge in [-0.1, -0.05) is 52.3 Å². The van der Waals surface area contributed by atoms with Crippen LogP contribution in [0.1, 0.15) is 16.7 Å². The zero-order chi connectivity index (χ0) is 16.1. The van der Waals surface area contributed by atoms with Crippen molar-refractivity contribution in [1.82, 2.24) is 0 Å². The molecule has 3 heteroatoms. The lowest BCUT2D eigenvalue weighted by Crippen LogP contribution is -2.33. The van der Waals surface area contributed by atoms with Crippen LogP contribution in [0.3, 0.4) is 0 Å². The number of pyridine rings is 1. The van der Waals surface area contributed by atoms with Crippen LogP contribution in [0.4, 0.5) is 0 Å². The highest BCUT2D eigenvalue weighted by atomic mass is 79.9. The third kappa shape index (κ3) is 4.54. The van der Waals surface area contributed by atoms with Crippen molar-refractivity contribution in [3.05, 3.63) is 94.2 Å². The van der Waals surface area contributed by atoms with Gasteiger partial charge in [0.2, 0.25) is 0 Å². The molecule has 0 radical (unpaired) electrons. The standard InChI is InChI=1S/C20H16BrNO/c21-19-3-1-2-18(14-19)15-22-12-10-17(11-13-22)5-4-16-6-8-20(23)9-7-16/h1-14H,15H2/p+1. The van der Waals surface area contributed by atoms with E-state index in [4.69, 9.17) is 0 Å². The first-order chi connectivity index (χ1) is 11.2. The Hall–Kier alpha value is -2.39. The highest BCUT2D eigenvalue weighted by molar-refractivity contribution is 9.10. The van der Waals surface area contributed by atoms with E-state index in [9.17, 15) is 5.11 Å². The summed E-state index contributed by atoms with van der Waals surface area (Å²) in [7, 11) is 0. The van der Waals surface area contributed by atoms with Gasteiger partial charge in [-0.05, 0) is 35.4 Å². The van der Waals surface area contributed by atoms with Gasteiger partial charge in [0.15, 0.2) is 18.9 Å². The number of halogens is 1. The topological polar surface area (TPSA) is 24.1 Å². The number of rotatable bonds is 4. The highest BCUT2D eigenvalue weighted by Crippen LogP contribution is 2.13. The average molecular weight is 367 g/mol. The van der Waals surface area contributed by atoms with Crippen molar-refractivity contribution in [1.29, 1.82) is 0 Å². The van der Waals surface area contributed by atoms with Crippen LogP contribution < -0.4 is 4.57 Å². The van der Waals surface area contributed by atoms with Gasteiger partial charge in [0.1, 0.15) is 5.75 Å². The minimum atomic E-state index is 0.287. The molecule has 0 bridgehead atoms. The van der Waals surface area contributed by atoms with E-state index in [2.05, 4.69) is 69.3 Å². The Bertz CT molecular complexity index is 808. The first-order valence-electron chi connectivity index (χ1n) is 7.40. The van der Waals surface area contributed by atoms with Crippen LogP contribution in [-0.4, -0.2) is 5.11 Å². The third-order valence-electron chi connectivity index (χ3n) is 3.53. The second kappa shape index (κ2) is 7.25. The summed E-state index contributed by atoms with van der Waals surface area (Å²) in [5.41, 5.74) is 3.47. The molecular formula is C20H17BrNO+. The number of aromatic nitrogens is 1. The molecule has 0 aliphatic carbocycles. The third-order valence-corrected chi connectivity index (χ3v) is 4.03. The van der Waals surface area contributed by atoms with Gasteiger partial charge in [-0.15, -0.1) is 0 Å². The Balaban J connectivity index is 1.68. The number of hydrogen-bond acceptors (Lipinski definition) is 1. The summed E-state index contributed by atoms with van der Waals surface area (Å²) in [5.74, 6) is 0.287. The number of phenols is 1. The molecule has 0 atom stereocenters. The molecule has 3 aromatic rings. The number of nitrogens with zero attached hydrogens (tertiary/aromatic N) is 1. The van der Waals surface area contributed by atoms with Gasteiger partial charge in [0.25, 0.3) is 0 Å². The summed E-state index contributed by atoms with van der Waals surface area (Å²) >= 11 is 3.50. The summed E-state index contributed by atoms with van der Waals surface area (Å²) in [4.78, 5) is 0. The van der Waals surface area contributed by atoms with Crippen LogP contribution in [0, 0.1) is 0 Å². The van der Waals surface area contributed by atoms with Gasteiger partial charge < -0.3 is 5.11 Å². The van der Waals surface area contributed by atoms with Crippen molar-refractivity contribution < 1.29 is 9.67 Å². The second-order valence-electron chi connectivity index (χ2n) is 5.36. The molecule has 0 spiro atoms. The summed E-state index contributed by atoms with van der Waals surface area (Å²) in [6.45, 7) is 0.849. The van der Waals surface area contributed by atoms with Gasteiger partial charge in [-0.2, -0.15) is 0 Å². The maximum absolute atomic E-state index is 9.28. The normalized spacial score (nSPS) is 11.0. The van der Waals surface area contributed by atoms with Crippen LogP contribution in [0.25, 0.3) is 12.2 Å². The molecule has 0 aliphatic heterocycles. The van der Waals surface area contributed by atoms with E-state index < -0.39 is 0 Å². The summed E-state index contributed by atoms with van der Waals surface area (Å²) in [6, 6.07) is 19.7. The molecule has 0 fully saturated rings. The van der Waals surface area contributed by atoms with Crippen molar-refractivity contribution in [2.24, 2.45) is 0 Å². The molecule has 23 heavy (non-hydrogen) atoms. The fourth-order valence-corrected chi connectivity index (χ4v) is 2.76. The maximum Gasteiger partial charge on any atom is 0.173 e. The first kappa shape index (κ1) is 15.5. The molecule has 1 heterocycles. The second-order valence-corrected chi connectivity index (χ2v) is 6.27. The van der Waals surface area contributed by atoms with Gasteiger partial charge in [-0.25, -0.2) is 4.57 Å². The molecular weight excluding hydrogens is 350 g/mol. The van der Waals surface area contributed by atoms with E-state index in [-0.39, 0.29) is 5.75 Å². The van der Waals surface area contributed by atoms with E-state index in [1.807, 2.05) is 24.3 Å². The Morgan fingerprint density at radius 1 is 0.870 bits per heavy atom. The molecule has 0 aliphatic rings. The maximum atomic E-state index is 9.28. The molecule has 1 aromatic heterocycles. The SMILES string of the molecule is Oc1ccc(/C=C/c2cc[n+](Cc3cccc(Br)c3)cc2)cc1. The zero-order valence-corrected chi connectivity index (χ0v) is 14.1. The predicted octanol–water partition coefficient (Wildman–Crippen LogP) is 4.66. The lowest BCUT2D eigenvalue weighted by atomic mass is 10.1. The van der Waals surface area contributed by atoms with Crippen LogP contribution in [-0.2, 0) is 6.54 Å². The molecule has 0 saturated carbocycles. The number of aromatic hydroxyl groups is 1. The molecule has 0 saturated heterocycles. The smallest absolute Gasteiger partial charge is 0.173 e. The van der Waals surface area contributed by atoms with Gasteiger partial charge >= 0.3 is 0 Å². The van der Waals surface area contributed by atoms with Gasteiger partial charge in [0.05, 0.1) is 0 Å². The van der Waals surface area contributed by atoms with Gasteiger partial charge in [-0.3, -0.25) is 0 Å². The minimum Gasteiger partial charge on any atom is -0.508 e. The van der Waals surface area contributed by atoms with E-state index >= 15 is 0 Å². The molecule has 2 aromatic carbocycles. The van der Waals surface area contributed by atoms with Crippen LogP contribution in [0.15, 0.2) is 77.5 Å². The predicted molar refractivity (Wildman–Crippen MR) is 96.9 cm³/mol. The van der Waals surface area contributed by atoms with Crippen LogP contribution in [0.5, 0.6) is 5.75 Å². The fourth-order valence-electron chi connectivity index (χ4n) is 2.31. The largest absolute Gasteiger partial charge is 0.508 e. The zero-order valence-electron chi connectivity index (χ0n) is 12.6. The van der Waals surface area contributed by atoms with Crippen molar-refractivity contribution in [2.75, 3.05) is 0 Å². The Morgan fingerprint density at radius 3 is 2.17 bits per heavy atom. The van der Waals surface area contributed by atoms with Crippen molar-refractivity contribution in [3.63, 3.8) is 0 Å². The molecule has 0 amide bonds. The summed E-state index contributed by atoms with van der Waals surface area (Å²) < 4.78 is 3.25. The molecule has 1 N–H and O–H groups in total. The Morgan fingerprint density at radius 2 is 1.52 bits per heavy atom. The number of benzene rings is 2. The lowest BCUT2D eigenvalue weighted by molar-refractivity contribution is -0.688. The number of hydrogen-bond donors (Lipinski definition) is 1. The molecule has 114 valence electrons. The van der Waals surface area contributed by atoms with E-state index in [0.29, 0.717) is 0 Å². The molecule has 3 rings (SSSR count). The molecule has 2 nitrogen and oxygen atoms in total. The van der Waals surface area contributed by atoms with Crippen LogP contribution in [0.2, 0.25) is 0 Å². The van der Waals surface area contributed by atoms with E-state index in [1.54, 1.807) is 12.1 Å². The van der Waals surface area contributed by atoms with E-state index in [0.717, 1.165) is 22.1 Å². The average Bonchev–Trinajstić information content (AvgIpc) is 2.56. The van der Waals surface area contributed by atoms with Crippen molar-refractivity contribution in [3.8, 4) is 5.75 Å². The Kier molecular flexibility index (Phi) is 4.89. The Labute approximate surface area is 144 Å². The van der Waals surface area contributed by atoms with Crippen LogP contribution >= 0.6 is 15.9 Å². The summed E-state index contributed by atoms with van der Waals surface area (Å²) in [6.07, 6.45) is 8.26. The summed E-state index contributed by atoms with van der Waals surface area (Å²) in [5, 5.41) is 9.28. The number of phenolic OH excluding ortho intramolecular Hbond substituents is 1. The minimum absolute atomic E-state index is 0.287. The van der Waals surface area contributed by atoms with Crippen molar-refractivity contribution >= 4 is 28.1 Å². The van der Waals surface area contributed by atoms with Gasteiger partial charge in [0, 0.05) is 22.2 Å². The fraction of sp³-hybridized carbons (Fsp3) is 0.0500. The van der Waals surface area contributed by atoms with E-state index in [1.165, 1.54) is 5.56 Å². The lowest BCUT2D eigenvalue weighted by Gasteiger charge is -1.99. The highest BCUT2D eigenvalue weighted by Gasteiger charge is 2.02.